The molecule has 32 heavy (non-hydrogen) atoms. The minimum Gasteiger partial charge on any atom is -0.469 e. The fourth-order valence-corrected chi connectivity index (χ4v) is 6.99. The molecule has 0 spiro atoms. The van der Waals surface area contributed by atoms with Crippen LogP contribution in [0.5, 0.6) is 0 Å². The van der Waals surface area contributed by atoms with Crippen molar-refractivity contribution in [3.8, 4) is 6.07 Å². The van der Waals surface area contributed by atoms with E-state index in [-0.39, 0.29) is 35.2 Å². The maximum atomic E-state index is 11.2. The Morgan fingerprint density at radius 1 is 1.25 bits per heavy atom. The topological polar surface area (TPSA) is 90.6 Å². The Kier molecular flexibility index (Phi) is 9.58. The lowest BCUT2D eigenvalue weighted by atomic mass is 9.63. The average Bonchev–Trinajstić information content (AvgIpc) is 3.38. The van der Waals surface area contributed by atoms with Crippen LogP contribution in [0.2, 0.25) is 0 Å². The molecule has 0 bridgehead atoms. The van der Waals surface area contributed by atoms with E-state index in [0.717, 1.165) is 64.2 Å². The first-order valence-electron chi connectivity index (χ1n) is 12.4. The zero-order valence-electron chi connectivity index (χ0n) is 19.4. The number of thiophene rings is 1. The standard InChI is InChI=1S/C26H39NO4S/c1-31-25(30)13-5-3-2-4-9-20-19(18-27)17-22(28)21(20)10-6-11-23(29)26(14-8-15-26)24-12-7-16-32-24/h7,12,16,19-23,28-29H,2-6,8-11,13-15,17H2,1H3/t19-,20+,21+,22+,23?/m0/s1. The quantitative estimate of drug-likeness (QED) is 0.305. The van der Waals surface area contributed by atoms with E-state index in [4.69, 9.17) is 0 Å². The van der Waals surface area contributed by atoms with Crippen LogP contribution in [0.3, 0.4) is 0 Å². The molecule has 0 saturated heterocycles. The molecule has 5 atom stereocenters. The summed E-state index contributed by atoms with van der Waals surface area (Å²) in [4.78, 5) is 12.5. The molecule has 1 aromatic heterocycles. The first-order valence-corrected chi connectivity index (χ1v) is 13.3. The molecular weight excluding hydrogens is 422 g/mol. The van der Waals surface area contributed by atoms with Gasteiger partial charge >= 0.3 is 5.97 Å². The molecule has 2 N–H and O–H groups in total. The molecule has 2 fully saturated rings. The number of hydrogen-bond acceptors (Lipinski definition) is 6. The van der Waals surface area contributed by atoms with Crippen LogP contribution < -0.4 is 0 Å². The van der Waals surface area contributed by atoms with Crippen molar-refractivity contribution in [3.05, 3.63) is 22.4 Å². The highest BCUT2D eigenvalue weighted by atomic mass is 32.1. The molecule has 178 valence electrons. The number of hydrogen-bond donors (Lipinski definition) is 2. The minimum absolute atomic E-state index is 0.0543. The van der Waals surface area contributed by atoms with Crippen LogP contribution >= 0.6 is 11.3 Å². The molecule has 1 aromatic rings. The van der Waals surface area contributed by atoms with Crippen LogP contribution in [0.25, 0.3) is 0 Å². The molecule has 0 radical (unpaired) electrons. The van der Waals surface area contributed by atoms with Crippen LogP contribution in [0.4, 0.5) is 0 Å². The SMILES string of the molecule is COC(=O)CCCCCC[C@H]1[C@@H](CCCC(O)C2(c3cccs3)CCC2)[C@H](O)C[C@H]1C#N. The van der Waals surface area contributed by atoms with Crippen molar-refractivity contribution in [2.75, 3.05) is 7.11 Å². The van der Waals surface area contributed by atoms with Gasteiger partial charge < -0.3 is 14.9 Å². The van der Waals surface area contributed by atoms with Gasteiger partial charge in [-0.3, -0.25) is 4.79 Å². The predicted octanol–water partition coefficient (Wildman–Crippen LogP) is 5.35. The third-order valence-electron chi connectivity index (χ3n) is 8.03. The van der Waals surface area contributed by atoms with Gasteiger partial charge in [-0.25, -0.2) is 0 Å². The number of carbonyl (C=O) groups is 1. The molecular formula is C26H39NO4S. The summed E-state index contributed by atoms with van der Waals surface area (Å²) in [5.41, 5.74) is -0.0543. The van der Waals surface area contributed by atoms with Crippen LogP contribution in [0, 0.1) is 29.1 Å². The van der Waals surface area contributed by atoms with Gasteiger partial charge in [0.2, 0.25) is 0 Å². The van der Waals surface area contributed by atoms with Gasteiger partial charge in [-0.1, -0.05) is 38.2 Å². The van der Waals surface area contributed by atoms with Crippen molar-refractivity contribution in [2.45, 2.75) is 101 Å². The Bertz CT molecular complexity index is 740. The molecule has 0 aliphatic heterocycles. The summed E-state index contributed by atoms with van der Waals surface area (Å²) in [7, 11) is 1.42. The molecule has 0 aromatic carbocycles. The number of carbonyl (C=O) groups excluding carboxylic acids is 1. The fourth-order valence-electron chi connectivity index (χ4n) is 5.96. The van der Waals surface area contributed by atoms with Crippen molar-refractivity contribution in [2.24, 2.45) is 17.8 Å². The number of methoxy groups -OCH3 is 1. The third kappa shape index (κ3) is 5.92. The van der Waals surface area contributed by atoms with Gasteiger partial charge in [-0.05, 0) is 68.2 Å². The van der Waals surface area contributed by atoms with Crippen LogP contribution in [-0.2, 0) is 14.9 Å². The van der Waals surface area contributed by atoms with E-state index in [1.807, 2.05) is 0 Å². The molecule has 1 unspecified atom stereocenters. The van der Waals surface area contributed by atoms with Crippen LogP contribution in [0.15, 0.2) is 17.5 Å². The lowest BCUT2D eigenvalue weighted by Gasteiger charge is -2.45. The number of aliphatic hydroxyl groups is 2. The first-order chi connectivity index (χ1) is 15.5. The maximum Gasteiger partial charge on any atom is 0.305 e. The Morgan fingerprint density at radius 3 is 2.62 bits per heavy atom. The van der Waals surface area contributed by atoms with Gasteiger partial charge in [0.25, 0.3) is 0 Å². The Morgan fingerprint density at radius 2 is 2.00 bits per heavy atom. The number of rotatable bonds is 13. The largest absolute Gasteiger partial charge is 0.469 e. The minimum atomic E-state index is -0.406. The molecule has 3 rings (SSSR count). The summed E-state index contributed by atoms with van der Waals surface area (Å²) in [6.45, 7) is 0. The summed E-state index contributed by atoms with van der Waals surface area (Å²) < 4.78 is 4.68. The van der Waals surface area contributed by atoms with E-state index < -0.39 is 6.10 Å². The molecule has 6 heteroatoms. The molecule has 2 aliphatic carbocycles. The zero-order valence-corrected chi connectivity index (χ0v) is 20.2. The fraction of sp³-hybridized carbons (Fsp3) is 0.769. The number of nitriles is 1. The lowest BCUT2D eigenvalue weighted by Crippen LogP contribution is -2.45. The second-order valence-corrected chi connectivity index (χ2v) is 10.8. The van der Waals surface area contributed by atoms with E-state index in [1.54, 1.807) is 11.3 Å². The van der Waals surface area contributed by atoms with Crippen LogP contribution in [0.1, 0.15) is 88.3 Å². The summed E-state index contributed by atoms with van der Waals surface area (Å²) in [6, 6.07) is 6.67. The van der Waals surface area contributed by atoms with Crippen molar-refractivity contribution in [1.82, 2.24) is 0 Å². The van der Waals surface area contributed by atoms with Gasteiger partial charge in [0.15, 0.2) is 0 Å². The number of nitrogens with zero attached hydrogens (tertiary/aromatic N) is 1. The van der Waals surface area contributed by atoms with Crippen molar-refractivity contribution < 1.29 is 19.7 Å². The maximum absolute atomic E-state index is 11.2. The van der Waals surface area contributed by atoms with Crippen LogP contribution in [-0.4, -0.2) is 35.5 Å². The molecule has 0 amide bonds. The van der Waals surface area contributed by atoms with Gasteiger partial charge in [-0.2, -0.15) is 5.26 Å². The third-order valence-corrected chi connectivity index (χ3v) is 9.12. The number of ether oxygens (including phenoxy) is 1. The molecule has 5 nitrogen and oxygen atoms in total. The first kappa shape index (κ1) is 25.2. The number of esters is 1. The summed E-state index contributed by atoms with van der Waals surface area (Å²) in [6.07, 6.45) is 11.0. The number of aliphatic hydroxyl groups excluding tert-OH is 2. The lowest BCUT2D eigenvalue weighted by molar-refractivity contribution is -0.140. The smallest absolute Gasteiger partial charge is 0.305 e. The Hall–Kier alpha value is -1.42. The van der Waals surface area contributed by atoms with Crippen molar-refractivity contribution >= 4 is 17.3 Å². The van der Waals surface area contributed by atoms with E-state index >= 15 is 0 Å². The normalized spacial score (nSPS) is 27.4. The highest BCUT2D eigenvalue weighted by molar-refractivity contribution is 7.10. The summed E-state index contributed by atoms with van der Waals surface area (Å²) in [5, 5.41) is 33.4. The highest BCUT2D eigenvalue weighted by Gasteiger charge is 2.46. The van der Waals surface area contributed by atoms with E-state index in [2.05, 4.69) is 28.3 Å². The second kappa shape index (κ2) is 12.2. The number of unbranched alkanes of at least 4 members (excludes halogenated alkanes) is 3. The van der Waals surface area contributed by atoms with Gasteiger partial charge in [0.05, 0.1) is 31.3 Å². The van der Waals surface area contributed by atoms with E-state index in [1.165, 1.54) is 18.4 Å². The zero-order chi connectivity index (χ0) is 23.0. The van der Waals surface area contributed by atoms with Crippen molar-refractivity contribution in [3.63, 3.8) is 0 Å². The molecule has 2 aliphatic rings. The summed E-state index contributed by atoms with van der Waals surface area (Å²) in [5.74, 6) is 0.168. The monoisotopic (exact) mass is 461 g/mol. The molecule has 2 saturated carbocycles. The molecule has 1 heterocycles. The average molecular weight is 462 g/mol. The van der Waals surface area contributed by atoms with Crippen molar-refractivity contribution in [1.29, 1.82) is 5.26 Å². The highest BCUT2D eigenvalue weighted by Crippen LogP contribution is 2.50. The Labute approximate surface area is 196 Å². The predicted molar refractivity (Wildman–Crippen MR) is 126 cm³/mol. The van der Waals surface area contributed by atoms with Gasteiger partial charge in [-0.15, -0.1) is 11.3 Å². The van der Waals surface area contributed by atoms with E-state index in [9.17, 15) is 20.3 Å². The summed E-state index contributed by atoms with van der Waals surface area (Å²) >= 11 is 1.75. The Balaban J connectivity index is 1.45. The second-order valence-electron chi connectivity index (χ2n) is 9.83. The van der Waals surface area contributed by atoms with Gasteiger partial charge in [0.1, 0.15) is 0 Å². The van der Waals surface area contributed by atoms with E-state index in [0.29, 0.717) is 12.8 Å². The van der Waals surface area contributed by atoms with Gasteiger partial charge in [0, 0.05) is 16.7 Å².